The Hall–Kier alpha value is -1.03. The quantitative estimate of drug-likeness (QED) is 0.459. The Labute approximate surface area is 46.4 Å². The second kappa shape index (κ2) is 1.83. The predicted octanol–water partition coefficient (Wildman–Crippen LogP) is -0.516. The Morgan fingerprint density at radius 1 is 1.88 bits per heavy atom. The number of aromatic nitrogens is 2. The maximum absolute atomic E-state index is 8.40. The van der Waals surface area contributed by atoms with E-state index >= 15 is 0 Å². The number of imidazole rings is 1. The smallest absolute Gasteiger partial charge is 0.133 e. The number of nitrogen functional groups attached to an aromatic ring is 1. The average Bonchev–Trinajstić information content (AvgIpc) is 2.14. The first-order valence-electron chi connectivity index (χ1n) is 2.23. The minimum absolute atomic E-state index is 0.0861. The van der Waals surface area contributed by atoms with Crippen LogP contribution in [0.3, 0.4) is 0 Å². The van der Waals surface area contributed by atoms with Crippen molar-refractivity contribution in [1.29, 1.82) is 0 Å². The van der Waals surface area contributed by atoms with Crippen LogP contribution in [0.25, 0.3) is 0 Å². The molecule has 0 aliphatic carbocycles. The van der Waals surface area contributed by atoms with Crippen LogP contribution >= 0.6 is 0 Å². The zero-order valence-corrected chi connectivity index (χ0v) is 4.26. The molecule has 0 aliphatic heterocycles. The molecule has 4 nitrogen and oxygen atoms in total. The van der Waals surface area contributed by atoms with Crippen molar-refractivity contribution in [1.82, 2.24) is 9.97 Å². The summed E-state index contributed by atoms with van der Waals surface area (Å²) in [7, 11) is 0. The van der Waals surface area contributed by atoms with Crippen LogP contribution in [0.15, 0.2) is 6.20 Å². The Morgan fingerprint density at radius 3 is 2.88 bits per heavy atom. The Bertz CT molecular complexity index is 172. The third-order valence-corrected chi connectivity index (χ3v) is 0.798. The number of hydrogen-bond acceptors (Lipinski definition) is 3. The number of anilines is 1. The highest BCUT2D eigenvalue weighted by molar-refractivity contribution is 5.23. The molecule has 44 valence electrons. The van der Waals surface area contributed by atoms with Crippen molar-refractivity contribution in [3.8, 4) is 0 Å². The van der Waals surface area contributed by atoms with Crippen molar-refractivity contribution in [2.24, 2.45) is 0 Å². The molecule has 1 rings (SSSR count). The molecular formula is C4H7N3O. The number of H-pyrrole nitrogens is 1. The van der Waals surface area contributed by atoms with Crippen LogP contribution in [0, 0.1) is 0 Å². The number of nitrogens with one attached hydrogen (secondary N) is 1. The minimum atomic E-state index is -0.0861. The van der Waals surface area contributed by atoms with E-state index in [1.165, 1.54) is 6.20 Å². The van der Waals surface area contributed by atoms with Gasteiger partial charge in [-0.2, -0.15) is 0 Å². The van der Waals surface area contributed by atoms with Crippen LogP contribution in [0.1, 0.15) is 5.82 Å². The van der Waals surface area contributed by atoms with Gasteiger partial charge in [-0.15, -0.1) is 0 Å². The van der Waals surface area contributed by atoms with Gasteiger partial charge in [0.2, 0.25) is 0 Å². The van der Waals surface area contributed by atoms with Crippen molar-refractivity contribution >= 4 is 5.82 Å². The van der Waals surface area contributed by atoms with Crippen LogP contribution in [-0.4, -0.2) is 15.1 Å². The molecule has 8 heavy (non-hydrogen) atoms. The normalized spacial score (nSPS) is 9.62. The van der Waals surface area contributed by atoms with E-state index in [4.69, 9.17) is 10.8 Å². The van der Waals surface area contributed by atoms with Crippen molar-refractivity contribution in [3.63, 3.8) is 0 Å². The van der Waals surface area contributed by atoms with Gasteiger partial charge in [0.15, 0.2) is 0 Å². The monoisotopic (exact) mass is 113 g/mol. The summed E-state index contributed by atoms with van der Waals surface area (Å²) in [6.45, 7) is -0.0861. The zero-order chi connectivity index (χ0) is 5.98. The second-order valence-electron chi connectivity index (χ2n) is 1.44. The van der Waals surface area contributed by atoms with Crippen molar-refractivity contribution in [3.05, 3.63) is 12.0 Å². The number of rotatable bonds is 1. The number of aromatic amines is 1. The molecule has 0 atom stereocenters. The van der Waals surface area contributed by atoms with Gasteiger partial charge in [-0.25, -0.2) is 4.98 Å². The summed E-state index contributed by atoms with van der Waals surface area (Å²) >= 11 is 0. The number of nitrogens with two attached hydrogens (primary N) is 1. The van der Waals surface area contributed by atoms with Crippen molar-refractivity contribution in [2.75, 3.05) is 5.73 Å². The standard InChI is InChI=1S/C4H7N3O/c5-3-1-6-4(2-8)7-3/h1,8H,2,5H2,(H,6,7). The SMILES string of the molecule is Nc1cnc(CO)[nH]1. The predicted molar refractivity (Wildman–Crippen MR) is 28.9 cm³/mol. The lowest BCUT2D eigenvalue weighted by Crippen LogP contribution is -1.86. The van der Waals surface area contributed by atoms with Crippen LogP contribution in [0.5, 0.6) is 0 Å². The third kappa shape index (κ3) is 0.788. The van der Waals surface area contributed by atoms with E-state index in [1.54, 1.807) is 0 Å². The number of aliphatic hydroxyl groups is 1. The van der Waals surface area contributed by atoms with Crippen molar-refractivity contribution < 1.29 is 5.11 Å². The van der Waals surface area contributed by atoms with E-state index in [1.807, 2.05) is 0 Å². The molecule has 0 aromatic carbocycles. The zero-order valence-electron chi connectivity index (χ0n) is 4.26. The van der Waals surface area contributed by atoms with Gasteiger partial charge in [0.1, 0.15) is 18.2 Å². The summed E-state index contributed by atoms with van der Waals surface area (Å²) in [5.74, 6) is 0.983. The molecule has 0 saturated heterocycles. The summed E-state index contributed by atoms with van der Waals surface area (Å²) in [4.78, 5) is 6.35. The van der Waals surface area contributed by atoms with Crippen LogP contribution < -0.4 is 5.73 Å². The lowest BCUT2D eigenvalue weighted by molar-refractivity contribution is 0.272. The van der Waals surface area contributed by atoms with Gasteiger partial charge in [-0.3, -0.25) is 0 Å². The van der Waals surface area contributed by atoms with Crippen LogP contribution in [0.2, 0.25) is 0 Å². The first-order valence-corrected chi connectivity index (χ1v) is 2.23. The molecule has 0 saturated carbocycles. The highest BCUT2D eigenvalue weighted by Gasteiger charge is 1.91. The van der Waals surface area contributed by atoms with Gasteiger partial charge in [-0.05, 0) is 0 Å². The van der Waals surface area contributed by atoms with E-state index in [2.05, 4.69) is 9.97 Å². The Balaban J connectivity index is 2.84. The molecule has 0 unspecified atom stereocenters. The maximum atomic E-state index is 8.40. The van der Waals surface area contributed by atoms with Gasteiger partial charge < -0.3 is 15.8 Å². The fourth-order valence-corrected chi connectivity index (χ4v) is 0.459. The van der Waals surface area contributed by atoms with Crippen molar-refractivity contribution in [2.45, 2.75) is 6.61 Å². The maximum Gasteiger partial charge on any atom is 0.133 e. The summed E-state index contributed by atoms with van der Waals surface area (Å²) in [5.41, 5.74) is 5.22. The van der Waals surface area contributed by atoms with E-state index in [0.29, 0.717) is 11.6 Å². The molecule has 4 N–H and O–H groups in total. The molecule has 0 spiro atoms. The van der Waals surface area contributed by atoms with E-state index in [9.17, 15) is 0 Å². The summed E-state index contributed by atoms with van der Waals surface area (Å²) in [6, 6.07) is 0. The lowest BCUT2D eigenvalue weighted by atomic mass is 10.7. The van der Waals surface area contributed by atoms with Gasteiger partial charge in [0.05, 0.1) is 6.20 Å². The molecule has 1 aromatic rings. The molecular weight excluding hydrogens is 106 g/mol. The van der Waals surface area contributed by atoms with Gasteiger partial charge in [0, 0.05) is 0 Å². The fraction of sp³-hybridized carbons (Fsp3) is 0.250. The summed E-state index contributed by atoms with van der Waals surface area (Å²) in [5, 5.41) is 8.40. The average molecular weight is 113 g/mol. The molecule has 0 bridgehead atoms. The lowest BCUT2D eigenvalue weighted by Gasteiger charge is -1.81. The van der Waals surface area contributed by atoms with Gasteiger partial charge in [0.25, 0.3) is 0 Å². The molecule has 0 fully saturated rings. The van der Waals surface area contributed by atoms with Gasteiger partial charge in [-0.1, -0.05) is 0 Å². The van der Waals surface area contributed by atoms with E-state index in [0.717, 1.165) is 0 Å². The fourth-order valence-electron chi connectivity index (χ4n) is 0.459. The largest absolute Gasteiger partial charge is 0.388 e. The minimum Gasteiger partial charge on any atom is -0.388 e. The van der Waals surface area contributed by atoms with Gasteiger partial charge >= 0.3 is 0 Å². The topological polar surface area (TPSA) is 74.9 Å². The van der Waals surface area contributed by atoms with E-state index < -0.39 is 0 Å². The summed E-state index contributed by atoms with van der Waals surface area (Å²) in [6.07, 6.45) is 1.46. The number of hydrogen-bond donors (Lipinski definition) is 3. The molecule has 0 aliphatic rings. The highest BCUT2D eigenvalue weighted by atomic mass is 16.3. The van der Waals surface area contributed by atoms with Crippen LogP contribution in [0.4, 0.5) is 5.82 Å². The number of nitrogens with zero attached hydrogens (tertiary/aromatic N) is 1. The highest BCUT2D eigenvalue weighted by Crippen LogP contribution is 1.95. The first kappa shape index (κ1) is 5.11. The summed E-state index contributed by atoms with van der Waals surface area (Å²) < 4.78 is 0. The first-order chi connectivity index (χ1) is 3.83. The Kier molecular flexibility index (Phi) is 1.17. The third-order valence-electron chi connectivity index (χ3n) is 0.798. The Morgan fingerprint density at radius 2 is 2.62 bits per heavy atom. The number of aliphatic hydroxyl groups excluding tert-OH is 1. The molecule has 4 heteroatoms. The molecule has 0 amide bonds. The molecule has 0 radical (unpaired) electrons. The molecule has 1 heterocycles. The van der Waals surface area contributed by atoms with Crippen LogP contribution in [-0.2, 0) is 6.61 Å². The molecule has 1 aromatic heterocycles. The van der Waals surface area contributed by atoms with E-state index in [-0.39, 0.29) is 6.61 Å². The second-order valence-corrected chi connectivity index (χ2v) is 1.44.